The molecule has 1 saturated heterocycles. The van der Waals surface area contributed by atoms with E-state index in [0.29, 0.717) is 11.1 Å². The number of aromatic amines is 1. The predicted octanol–water partition coefficient (Wildman–Crippen LogP) is 3.51. The zero-order chi connectivity index (χ0) is 20.2. The number of nitrogens with one attached hydrogen (secondary N) is 3. The van der Waals surface area contributed by atoms with Crippen molar-refractivity contribution < 1.29 is 0 Å². The average Bonchev–Trinajstić information content (AvgIpc) is 3.36. The Balaban J connectivity index is 1.30. The summed E-state index contributed by atoms with van der Waals surface area (Å²) in [5.74, 6) is 1.69. The average molecular weight is 411 g/mol. The minimum atomic E-state index is 0.315. The molecule has 4 rings (SSSR count). The second kappa shape index (κ2) is 8.74. The van der Waals surface area contributed by atoms with Crippen molar-refractivity contribution in [2.45, 2.75) is 25.8 Å². The highest BCUT2D eigenvalue weighted by atomic mass is 35.5. The van der Waals surface area contributed by atoms with Crippen molar-refractivity contribution in [3.05, 3.63) is 58.9 Å². The van der Waals surface area contributed by atoms with Crippen molar-refractivity contribution in [1.29, 1.82) is 0 Å². The molecule has 29 heavy (non-hydrogen) atoms. The minimum absolute atomic E-state index is 0.315. The van der Waals surface area contributed by atoms with Gasteiger partial charge in [-0.05, 0) is 43.0 Å². The summed E-state index contributed by atoms with van der Waals surface area (Å²) in [5, 5.41) is 8.97. The third-order valence-corrected chi connectivity index (χ3v) is 5.78. The first-order chi connectivity index (χ1) is 14.2. The van der Waals surface area contributed by atoms with Crippen molar-refractivity contribution in [2.75, 3.05) is 31.6 Å². The molecule has 1 aromatic carbocycles. The number of fused-ring (bicyclic) bond motifs is 1. The van der Waals surface area contributed by atoms with E-state index in [0.717, 1.165) is 44.3 Å². The number of pyridine rings is 1. The van der Waals surface area contributed by atoms with Crippen LogP contribution in [0, 0.1) is 6.92 Å². The summed E-state index contributed by atoms with van der Waals surface area (Å²) < 4.78 is 0. The summed E-state index contributed by atoms with van der Waals surface area (Å²) >= 11 is 6.29. The molecular formula is C22H27ClN6. The van der Waals surface area contributed by atoms with Crippen LogP contribution in [-0.4, -0.2) is 48.7 Å². The van der Waals surface area contributed by atoms with E-state index < -0.39 is 0 Å². The number of H-pyrrole nitrogens is 1. The van der Waals surface area contributed by atoms with E-state index in [4.69, 9.17) is 11.6 Å². The van der Waals surface area contributed by atoms with Gasteiger partial charge in [0, 0.05) is 56.0 Å². The minimum Gasteiger partial charge on any atom is -0.361 e. The Morgan fingerprint density at radius 1 is 1.34 bits per heavy atom. The molecule has 1 atom stereocenters. The maximum Gasteiger partial charge on any atom is 0.191 e. The number of aliphatic imine (C=N–C) groups is 1. The van der Waals surface area contributed by atoms with Crippen LogP contribution in [0.2, 0.25) is 5.02 Å². The molecule has 7 heteroatoms. The van der Waals surface area contributed by atoms with E-state index in [1.165, 1.54) is 22.0 Å². The van der Waals surface area contributed by atoms with Crippen LogP contribution in [-0.2, 0) is 6.42 Å². The van der Waals surface area contributed by atoms with Gasteiger partial charge in [-0.3, -0.25) is 4.99 Å². The first-order valence-corrected chi connectivity index (χ1v) is 10.4. The van der Waals surface area contributed by atoms with Crippen LogP contribution < -0.4 is 15.5 Å². The third kappa shape index (κ3) is 4.32. The van der Waals surface area contributed by atoms with Gasteiger partial charge in [-0.25, -0.2) is 4.98 Å². The molecule has 0 amide bonds. The van der Waals surface area contributed by atoms with Gasteiger partial charge in [0.2, 0.25) is 0 Å². The van der Waals surface area contributed by atoms with E-state index in [9.17, 15) is 0 Å². The molecule has 1 aliphatic rings. The van der Waals surface area contributed by atoms with E-state index in [2.05, 4.69) is 61.8 Å². The van der Waals surface area contributed by atoms with Crippen molar-refractivity contribution in [3.63, 3.8) is 0 Å². The number of anilines is 1. The number of hydrogen-bond donors (Lipinski definition) is 3. The lowest BCUT2D eigenvalue weighted by atomic mass is 10.1. The molecule has 1 unspecified atom stereocenters. The quantitative estimate of drug-likeness (QED) is 0.444. The Morgan fingerprint density at radius 2 is 2.24 bits per heavy atom. The van der Waals surface area contributed by atoms with Gasteiger partial charge in [-0.2, -0.15) is 0 Å². The number of halogens is 1. The van der Waals surface area contributed by atoms with Crippen LogP contribution in [0.15, 0.2) is 47.7 Å². The number of aromatic nitrogens is 2. The Bertz CT molecular complexity index is 1010. The number of rotatable bonds is 5. The number of guanidine groups is 1. The van der Waals surface area contributed by atoms with Gasteiger partial charge in [0.1, 0.15) is 5.82 Å². The molecule has 0 radical (unpaired) electrons. The zero-order valence-corrected chi connectivity index (χ0v) is 17.6. The zero-order valence-electron chi connectivity index (χ0n) is 16.9. The maximum absolute atomic E-state index is 6.29. The number of para-hydroxylation sites is 1. The van der Waals surface area contributed by atoms with Crippen LogP contribution in [0.1, 0.15) is 17.5 Å². The summed E-state index contributed by atoms with van der Waals surface area (Å²) in [5.41, 5.74) is 3.82. The molecule has 1 aliphatic heterocycles. The highest BCUT2D eigenvalue weighted by Crippen LogP contribution is 2.25. The van der Waals surface area contributed by atoms with Crippen LogP contribution in [0.4, 0.5) is 5.82 Å². The molecule has 3 aromatic rings. The second-order valence-corrected chi connectivity index (χ2v) is 7.85. The summed E-state index contributed by atoms with van der Waals surface area (Å²) in [6.45, 7) is 4.75. The summed E-state index contributed by atoms with van der Waals surface area (Å²) in [7, 11) is 1.81. The number of aryl methyl sites for hydroxylation is 1. The smallest absolute Gasteiger partial charge is 0.191 e. The van der Waals surface area contributed by atoms with Gasteiger partial charge in [0.05, 0.1) is 5.02 Å². The highest BCUT2D eigenvalue weighted by Gasteiger charge is 2.25. The predicted molar refractivity (Wildman–Crippen MR) is 121 cm³/mol. The van der Waals surface area contributed by atoms with Crippen molar-refractivity contribution in [1.82, 2.24) is 20.6 Å². The fraction of sp³-hybridized carbons (Fsp3) is 0.364. The topological polar surface area (TPSA) is 68.3 Å². The van der Waals surface area contributed by atoms with Crippen LogP contribution >= 0.6 is 11.6 Å². The molecule has 0 bridgehead atoms. The largest absolute Gasteiger partial charge is 0.361 e. The van der Waals surface area contributed by atoms with Gasteiger partial charge in [0.15, 0.2) is 5.96 Å². The monoisotopic (exact) mass is 410 g/mol. The highest BCUT2D eigenvalue weighted by molar-refractivity contribution is 6.32. The molecule has 0 spiro atoms. The Morgan fingerprint density at radius 3 is 3.07 bits per heavy atom. The van der Waals surface area contributed by atoms with E-state index in [1.54, 1.807) is 6.20 Å². The number of benzene rings is 1. The Kier molecular flexibility index (Phi) is 5.90. The first kappa shape index (κ1) is 19.6. The number of nitrogens with zero attached hydrogens (tertiary/aromatic N) is 3. The molecule has 3 N–H and O–H groups in total. The molecule has 2 aromatic heterocycles. The van der Waals surface area contributed by atoms with Crippen molar-refractivity contribution >= 4 is 34.3 Å². The van der Waals surface area contributed by atoms with Gasteiger partial charge in [-0.15, -0.1) is 0 Å². The Labute approximate surface area is 176 Å². The van der Waals surface area contributed by atoms with Gasteiger partial charge < -0.3 is 20.5 Å². The molecular weight excluding hydrogens is 384 g/mol. The van der Waals surface area contributed by atoms with Gasteiger partial charge >= 0.3 is 0 Å². The molecule has 0 saturated carbocycles. The van der Waals surface area contributed by atoms with E-state index in [-0.39, 0.29) is 0 Å². The third-order valence-electron chi connectivity index (χ3n) is 5.49. The molecule has 0 aliphatic carbocycles. The molecule has 1 fully saturated rings. The second-order valence-electron chi connectivity index (χ2n) is 7.45. The van der Waals surface area contributed by atoms with Crippen molar-refractivity contribution in [3.8, 4) is 0 Å². The fourth-order valence-corrected chi connectivity index (χ4v) is 4.20. The lowest BCUT2D eigenvalue weighted by molar-refractivity contribution is 0.648. The maximum atomic E-state index is 6.29. The lowest BCUT2D eigenvalue weighted by Crippen LogP contribution is -2.45. The summed E-state index contributed by atoms with van der Waals surface area (Å²) in [4.78, 5) is 14.4. The summed E-state index contributed by atoms with van der Waals surface area (Å²) in [6, 6.07) is 10.5. The fourth-order valence-electron chi connectivity index (χ4n) is 3.95. The lowest BCUT2D eigenvalue weighted by Gasteiger charge is -2.20. The Hall–Kier alpha value is -2.73. The van der Waals surface area contributed by atoms with Crippen LogP contribution in [0.5, 0.6) is 0 Å². The first-order valence-electron chi connectivity index (χ1n) is 10.0. The van der Waals surface area contributed by atoms with E-state index >= 15 is 0 Å². The van der Waals surface area contributed by atoms with Crippen LogP contribution in [0.25, 0.3) is 10.9 Å². The molecule has 152 valence electrons. The molecule has 3 heterocycles. The molecule has 6 nitrogen and oxygen atoms in total. The SMILES string of the molecule is CN=C(NCCc1c[nH]c2c(C)cccc12)NC1CCN(c2ncccc2Cl)C1. The summed E-state index contributed by atoms with van der Waals surface area (Å²) in [6.07, 6.45) is 5.86. The standard InChI is InChI=1S/C22H27ClN6/c1-15-5-3-6-18-16(13-27-20(15)18)8-11-26-22(24-2)28-17-9-12-29(14-17)21-19(23)7-4-10-25-21/h3-7,10,13,17,27H,8-9,11-12,14H2,1-2H3,(H2,24,26,28). The van der Waals surface area contributed by atoms with E-state index in [1.807, 2.05) is 19.2 Å². The number of hydrogen-bond acceptors (Lipinski definition) is 3. The van der Waals surface area contributed by atoms with Crippen LogP contribution in [0.3, 0.4) is 0 Å². The van der Waals surface area contributed by atoms with Crippen molar-refractivity contribution in [2.24, 2.45) is 4.99 Å². The van der Waals surface area contributed by atoms with Gasteiger partial charge in [0.25, 0.3) is 0 Å². The van der Waals surface area contributed by atoms with Gasteiger partial charge in [-0.1, -0.05) is 29.8 Å². The normalized spacial score (nSPS) is 17.1.